The van der Waals surface area contributed by atoms with Crippen molar-refractivity contribution in [3.05, 3.63) is 0 Å². The highest BCUT2D eigenvalue weighted by molar-refractivity contribution is 5.73. The predicted molar refractivity (Wildman–Crippen MR) is 69.2 cm³/mol. The molecule has 1 rings (SSSR count). The van der Waals surface area contributed by atoms with Gasteiger partial charge in [-0.2, -0.15) is 0 Å². The fourth-order valence-electron chi connectivity index (χ4n) is 2.06. The number of rotatable bonds is 2. The Morgan fingerprint density at radius 2 is 2.06 bits per heavy atom. The fourth-order valence-corrected chi connectivity index (χ4v) is 2.06. The lowest BCUT2D eigenvalue weighted by Gasteiger charge is -2.32. The number of ether oxygens (including phenoxy) is 1. The Kier molecular flexibility index (Phi) is 4.99. The van der Waals surface area contributed by atoms with Crippen molar-refractivity contribution < 1.29 is 14.3 Å². The summed E-state index contributed by atoms with van der Waals surface area (Å²) in [6, 6.07) is 0. The van der Waals surface area contributed by atoms with Crippen molar-refractivity contribution in [3.8, 4) is 0 Å². The van der Waals surface area contributed by atoms with Crippen LogP contribution in [0.4, 0.5) is 4.79 Å². The number of likely N-dealkylation sites (tertiary alicyclic amines) is 1. The summed E-state index contributed by atoms with van der Waals surface area (Å²) < 4.78 is 5.17. The summed E-state index contributed by atoms with van der Waals surface area (Å²) in [7, 11) is 0. The van der Waals surface area contributed by atoms with Gasteiger partial charge in [-0.25, -0.2) is 4.79 Å². The standard InChI is InChI=1S/C13H24N2O3/c1-10(16)15-7-5-6-11(9-15)8-14-12(17)18-13(2,3)4/h11H,5-9H2,1-4H3,(H,14,17). The topological polar surface area (TPSA) is 58.6 Å². The van der Waals surface area contributed by atoms with Gasteiger partial charge >= 0.3 is 6.09 Å². The quantitative estimate of drug-likeness (QED) is 0.819. The summed E-state index contributed by atoms with van der Waals surface area (Å²) in [4.78, 5) is 24.6. The zero-order valence-electron chi connectivity index (χ0n) is 11.8. The Morgan fingerprint density at radius 3 is 2.61 bits per heavy atom. The van der Waals surface area contributed by atoms with Gasteiger partial charge in [-0.05, 0) is 39.5 Å². The van der Waals surface area contributed by atoms with Crippen molar-refractivity contribution in [2.24, 2.45) is 5.92 Å². The lowest BCUT2D eigenvalue weighted by molar-refractivity contribution is -0.130. The first-order valence-electron chi connectivity index (χ1n) is 6.50. The average Bonchev–Trinajstić information content (AvgIpc) is 2.24. The molecule has 0 aromatic carbocycles. The molecule has 0 bridgehead atoms. The highest BCUT2D eigenvalue weighted by Gasteiger charge is 2.23. The third-order valence-corrected chi connectivity index (χ3v) is 2.90. The van der Waals surface area contributed by atoms with Gasteiger partial charge in [-0.15, -0.1) is 0 Å². The molecule has 18 heavy (non-hydrogen) atoms. The van der Waals surface area contributed by atoms with Gasteiger partial charge in [0.25, 0.3) is 0 Å². The Hall–Kier alpha value is -1.26. The molecular formula is C13H24N2O3. The van der Waals surface area contributed by atoms with E-state index in [4.69, 9.17) is 4.74 Å². The van der Waals surface area contributed by atoms with Crippen LogP contribution in [0.5, 0.6) is 0 Å². The van der Waals surface area contributed by atoms with Crippen molar-refractivity contribution in [2.75, 3.05) is 19.6 Å². The molecule has 0 saturated carbocycles. The summed E-state index contributed by atoms with van der Waals surface area (Å²) in [6.45, 7) is 9.23. The van der Waals surface area contributed by atoms with Crippen LogP contribution in [0.1, 0.15) is 40.5 Å². The van der Waals surface area contributed by atoms with E-state index in [1.54, 1.807) is 6.92 Å². The minimum Gasteiger partial charge on any atom is -0.444 e. The molecule has 1 saturated heterocycles. The van der Waals surface area contributed by atoms with Crippen molar-refractivity contribution in [1.29, 1.82) is 0 Å². The van der Waals surface area contributed by atoms with E-state index in [9.17, 15) is 9.59 Å². The smallest absolute Gasteiger partial charge is 0.407 e. The van der Waals surface area contributed by atoms with E-state index >= 15 is 0 Å². The number of amides is 2. The van der Waals surface area contributed by atoms with E-state index in [0.29, 0.717) is 12.5 Å². The number of carbonyl (C=O) groups is 2. The zero-order chi connectivity index (χ0) is 13.8. The normalized spacial score (nSPS) is 20.4. The highest BCUT2D eigenvalue weighted by atomic mass is 16.6. The van der Waals surface area contributed by atoms with Gasteiger partial charge in [0.1, 0.15) is 5.60 Å². The fraction of sp³-hybridized carbons (Fsp3) is 0.846. The molecule has 0 aliphatic carbocycles. The van der Waals surface area contributed by atoms with E-state index in [-0.39, 0.29) is 12.0 Å². The van der Waals surface area contributed by atoms with Gasteiger partial charge < -0.3 is 15.0 Å². The van der Waals surface area contributed by atoms with E-state index in [2.05, 4.69) is 5.32 Å². The number of piperidine rings is 1. The number of carbonyl (C=O) groups excluding carboxylic acids is 2. The van der Waals surface area contributed by atoms with Gasteiger partial charge in [-0.1, -0.05) is 0 Å². The molecule has 104 valence electrons. The van der Waals surface area contributed by atoms with Crippen molar-refractivity contribution >= 4 is 12.0 Å². The molecule has 1 atom stereocenters. The van der Waals surface area contributed by atoms with E-state index < -0.39 is 5.60 Å². The maximum atomic E-state index is 11.5. The number of nitrogens with one attached hydrogen (secondary N) is 1. The van der Waals surface area contributed by atoms with Crippen LogP contribution in [0.25, 0.3) is 0 Å². The Labute approximate surface area is 109 Å². The Morgan fingerprint density at radius 1 is 1.39 bits per heavy atom. The third-order valence-electron chi connectivity index (χ3n) is 2.90. The highest BCUT2D eigenvalue weighted by Crippen LogP contribution is 2.16. The molecule has 1 aliphatic rings. The summed E-state index contributed by atoms with van der Waals surface area (Å²) >= 11 is 0. The molecule has 0 radical (unpaired) electrons. The number of hydrogen-bond donors (Lipinski definition) is 1. The Bertz CT molecular complexity index is 310. The minimum atomic E-state index is -0.470. The molecule has 1 aliphatic heterocycles. The van der Waals surface area contributed by atoms with Crippen LogP contribution < -0.4 is 5.32 Å². The lowest BCUT2D eigenvalue weighted by atomic mass is 9.98. The zero-order valence-corrected chi connectivity index (χ0v) is 11.8. The van der Waals surface area contributed by atoms with Crippen molar-refractivity contribution in [2.45, 2.75) is 46.1 Å². The lowest BCUT2D eigenvalue weighted by Crippen LogP contribution is -2.43. The largest absolute Gasteiger partial charge is 0.444 e. The summed E-state index contributed by atoms with van der Waals surface area (Å²) in [5.41, 5.74) is -0.470. The second-order valence-corrected chi connectivity index (χ2v) is 5.86. The second-order valence-electron chi connectivity index (χ2n) is 5.86. The maximum absolute atomic E-state index is 11.5. The summed E-state index contributed by atoms with van der Waals surface area (Å²) in [5, 5.41) is 2.77. The first-order valence-corrected chi connectivity index (χ1v) is 6.50. The van der Waals surface area contributed by atoms with Crippen LogP contribution >= 0.6 is 0 Å². The minimum absolute atomic E-state index is 0.108. The number of nitrogens with zero attached hydrogens (tertiary/aromatic N) is 1. The number of alkyl carbamates (subject to hydrolysis) is 1. The average molecular weight is 256 g/mol. The third kappa shape index (κ3) is 5.38. The SMILES string of the molecule is CC(=O)N1CCCC(CNC(=O)OC(C)(C)C)C1. The van der Waals surface area contributed by atoms with Crippen LogP contribution in [0.15, 0.2) is 0 Å². The van der Waals surface area contributed by atoms with Gasteiger partial charge in [0.05, 0.1) is 0 Å². The summed E-state index contributed by atoms with van der Waals surface area (Å²) in [6.07, 6.45) is 1.65. The van der Waals surface area contributed by atoms with E-state index in [1.165, 1.54) is 0 Å². The molecule has 2 amide bonds. The molecular weight excluding hydrogens is 232 g/mol. The molecule has 1 heterocycles. The molecule has 1 N–H and O–H groups in total. The van der Waals surface area contributed by atoms with Gasteiger partial charge in [0, 0.05) is 26.6 Å². The molecule has 5 nitrogen and oxygen atoms in total. The molecule has 1 unspecified atom stereocenters. The first-order chi connectivity index (χ1) is 8.28. The van der Waals surface area contributed by atoms with Gasteiger partial charge in [-0.3, -0.25) is 4.79 Å². The van der Waals surface area contributed by atoms with E-state index in [0.717, 1.165) is 25.9 Å². The molecule has 5 heteroatoms. The van der Waals surface area contributed by atoms with Crippen LogP contribution in [0, 0.1) is 5.92 Å². The molecule has 0 spiro atoms. The van der Waals surface area contributed by atoms with Crippen LogP contribution in [0.3, 0.4) is 0 Å². The van der Waals surface area contributed by atoms with Crippen molar-refractivity contribution in [3.63, 3.8) is 0 Å². The van der Waals surface area contributed by atoms with Crippen LogP contribution in [0.2, 0.25) is 0 Å². The first kappa shape index (κ1) is 14.8. The van der Waals surface area contributed by atoms with Crippen molar-refractivity contribution in [1.82, 2.24) is 10.2 Å². The second kappa shape index (κ2) is 6.07. The van der Waals surface area contributed by atoms with Crippen LogP contribution in [-0.4, -0.2) is 42.1 Å². The molecule has 1 fully saturated rings. The van der Waals surface area contributed by atoms with Gasteiger partial charge in [0.15, 0.2) is 0 Å². The Balaban J connectivity index is 2.31. The predicted octanol–water partition coefficient (Wildman–Crippen LogP) is 1.77. The van der Waals surface area contributed by atoms with Gasteiger partial charge in [0.2, 0.25) is 5.91 Å². The molecule has 0 aromatic heterocycles. The van der Waals surface area contributed by atoms with E-state index in [1.807, 2.05) is 25.7 Å². The number of hydrogen-bond acceptors (Lipinski definition) is 3. The monoisotopic (exact) mass is 256 g/mol. The maximum Gasteiger partial charge on any atom is 0.407 e. The summed E-state index contributed by atoms with van der Waals surface area (Å²) in [5.74, 6) is 0.437. The van der Waals surface area contributed by atoms with Crippen LogP contribution in [-0.2, 0) is 9.53 Å². The molecule has 0 aromatic rings.